The lowest BCUT2D eigenvalue weighted by Crippen LogP contribution is -2.46. The van der Waals surface area contributed by atoms with Crippen LogP contribution in [0.3, 0.4) is 0 Å². The zero-order chi connectivity index (χ0) is 25.2. The molecule has 0 N–H and O–H groups in total. The summed E-state index contributed by atoms with van der Waals surface area (Å²) >= 11 is 0. The first kappa shape index (κ1) is 23.3. The van der Waals surface area contributed by atoms with Gasteiger partial charge in [0, 0.05) is 11.3 Å². The van der Waals surface area contributed by atoms with E-state index in [4.69, 9.17) is 14.6 Å². The minimum absolute atomic E-state index is 0.0580. The van der Waals surface area contributed by atoms with Gasteiger partial charge in [0.1, 0.15) is 11.8 Å². The molecule has 0 aromatic heterocycles. The summed E-state index contributed by atoms with van der Waals surface area (Å²) in [6.07, 6.45) is 3.77. The fourth-order valence-corrected chi connectivity index (χ4v) is 7.71. The molecule has 0 unspecified atom stereocenters. The van der Waals surface area contributed by atoms with Gasteiger partial charge >= 0.3 is 5.97 Å². The standard InChI is InChI=1S/C30H34N2O4/c1-5-36-29(34)26-24-25-23-12-8-18-16-20(35-4)11-13-21(18)22(23)14-15-30(25,3)28(33)27(24)32(31-26)19-9-6-17(2)7-10-19/h6-7,9-11,13,16,22-25,27H,5,8,12,14-15H2,1-4H3/t22-,23-,24+,25-,27-,30+/m1/s1. The molecule has 6 rings (SSSR count). The number of carbonyl (C=O) groups is 2. The summed E-state index contributed by atoms with van der Waals surface area (Å²) in [7, 11) is 1.71. The summed E-state index contributed by atoms with van der Waals surface area (Å²) < 4.78 is 11.0. The van der Waals surface area contributed by atoms with E-state index in [1.165, 1.54) is 11.1 Å². The highest BCUT2D eigenvalue weighted by Crippen LogP contribution is 2.63. The molecular formula is C30H34N2O4. The zero-order valence-corrected chi connectivity index (χ0v) is 21.5. The predicted octanol–water partition coefficient (Wildman–Crippen LogP) is 5.07. The van der Waals surface area contributed by atoms with Gasteiger partial charge in [0.05, 0.1) is 19.4 Å². The second-order valence-corrected chi connectivity index (χ2v) is 11.1. The van der Waals surface area contributed by atoms with Crippen LogP contribution in [-0.4, -0.2) is 37.2 Å². The van der Waals surface area contributed by atoms with Gasteiger partial charge in [-0.15, -0.1) is 0 Å². The SMILES string of the molecule is CCOC(=O)C1=NN(c2ccc(C)cc2)[C@H]2C(=O)[C@@]3(C)CC[C@@H]4c5ccc(OC)cc5CC[C@H]4[C@@H]3[C@@H]12. The number of ether oxygens (including phenoxy) is 2. The molecule has 0 saturated heterocycles. The molecule has 36 heavy (non-hydrogen) atoms. The van der Waals surface area contributed by atoms with Gasteiger partial charge in [0.25, 0.3) is 0 Å². The van der Waals surface area contributed by atoms with Crippen LogP contribution >= 0.6 is 0 Å². The minimum Gasteiger partial charge on any atom is -0.497 e. The number of fused-ring (bicyclic) bond motifs is 7. The molecule has 188 valence electrons. The van der Waals surface area contributed by atoms with Crippen molar-refractivity contribution in [3.63, 3.8) is 0 Å². The maximum atomic E-state index is 14.2. The highest BCUT2D eigenvalue weighted by Gasteiger charge is 2.68. The van der Waals surface area contributed by atoms with Crippen LogP contribution in [0.2, 0.25) is 0 Å². The molecular weight excluding hydrogens is 452 g/mol. The fourth-order valence-electron chi connectivity index (χ4n) is 7.71. The summed E-state index contributed by atoms with van der Waals surface area (Å²) in [6, 6.07) is 14.0. The first-order valence-corrected chi connectivity index (χ1v) is 13.2. The highest BCUT2D eigenvalue weighted by atomic mass is 16.5. The molecule has 1 heterocycles. The molecule has 1 aliphatic heterocycles. The van der Waals surface area contributed by atoms with Crippen molar-refractivity contribution >= 4 is 23.2 Å². The smallest absolute Gasteiger partial charge is 0.354 e. The summed E-state index contributed by atoms with van der Waals surface area (Å²) in [5.41, 5.74) is 4.67. The molecule has 0 spiro atoms. The van der Waals surface area contributed by atoms with Crippen LogP contribution in [0.4, 0.5) is 5.69 Å². The van der Waals surface area contributed by atoms with Gasteiger partial charge in [-0.05, 0) is 92.7 Å². The van der Waals surface area contributed by atoms with Gasteiger partial charge in [0.15, 0.2) is 11.5 Å². The largest absolute Gasteiger partial charge is 0.497 e. The van der Waals surface area contributed by atoms with Crippen molar-refractivity contribution in [1.29, 1.82) is 0 Å². The van der Waals surface area contributed by atoms with E-state index in [1.54, 1.807) is 7.11 Å². The monoisotopic (exact) mass is 486 g/mol. The topological polar surface area (TPSA) is 68.2 Å². The van der Waals surface area contributed by atoms with Crippen LogP contribution in [0.25, 0.3) is 0 Å². The van der Waals surface area contributed by atoms with E-state index in [2.05, 4.69) is 25.1 Å². The Labute approximate surface area is 212 Å². The number of carbonyl (C=O) groups excluding carboxylic acids is 2. The van der Waals surface area contributed by atoms with Crippen LogP contribution in [0.1, 0.15) is 55.7 Å². The number of anilines is 1. The van der Waals surface area contributed by atoms with Crippen molar-refractivity contribution in [1.82, 2.24) is 0 Å². The first-order valence-electron chi connectivity index (χ1n) is 13.2. The van der Waals surface area contributed by atoms with Crippen LogP contribution in [0, 0.1) is 30.1 Å². The maximum Gasteiger partial charge on any atom is 0.354 e. The Morgan fingerprint density at radius 3 is 2.67 bits per heavy atom. The maximum absolute atomic E-state index is 14.2. The number of hydrogen-bond donors (Lipinski definition) is 0. The summed E-state index contributed by atoms with van der Waals surface area (Å²) in [6.45, 7) is 6.29. The molecule has 2 saturated carbocycles. The summed E-state index contributed by atoms with van der Waals surface area (Å²) in [5.74, 6) is 1.23. The lowest BCUT2D eigenvalue weighted by atomic mass is 9.54. The fraction of sp³-hybridized carbons (Fsp3) is 0.500. The van der Waals surface area contributed by atoms with Crippen LogP contribution in [-0.2, 0) is 20.7 Å². The summed E-state index contributed by atoms with van der Waals surface area (Å²) in [4.78, 5) is 27.5. The highest BCUT2D eigenvalue weighted by molar-refractivity contribution is 6.39. The van der Waals surface area contributed by atoms with Crippen molar-refractivity contribution in [3.05, 3.63) is 59.2 Å². The second kappa shape index (κ2) is 8.46. The van der Waals surface area contributed by atoms with Crippen LogP contribution in [0.15, 0.2) is 47.6 Å². The Kier molecular flexibility index (Phi) is 5.47. The molecule has 3 aliphatic carbocycles. The number of nitrogens with zero attached hydrogens (tertiary/aromatic N) is 2. The Bertz CT molecular complexity index is 1250. The normalized spacial score (nSPS) is 32.2. The third kappa shape index (κ3) is 3.26. The molecule has 2 aromatic rings. The number of benzene rings is 2. The Morgan fingerprint density at radius 1 is 1.17 bits per heavy atom. The van der Waals surface area contributed by atoms with Crippen molar-refractivity contribution in [2.75, 3.05) is 18.7 Å². The molecule has 6 nitrogen and oxygen atoms in total. The lowest BCUT2D eigenvalue weighted by Gasteiger charge is -2.49. The second-order valence-electron chi connectivity index (χ2n) is 11.1. The molecule has 2 aromatic carbocycles. The van der Waals surface area contributed by atoms with Gasteiger partial charge in [0.2, 0.25) is 0 Å². The Morgan fingerprint density at radius 2 is 1.94 bits per heavy atom. The van der Waals surface area contributed by atoms with Gasteiger partial charge < -0.3 is 9.47 Å². The van der Waals surface area contributed by atoms with E-state index in [9.17, 15) is 9.59 Å². The molecule has 0 radical (unpaired) electrons. The van der Waals surface area contributed by atoms with Gasteiger partial charge in [-0.1, -0.05) is 30.7 Å². The van der Waals surface area contributed by atoms with E-state index in [0.29, 0.717) is 17.5 Å². The minimum atomic E-state index is -0.475. The van der Waals surface area contributed by atoms with Crippen molar-refractivity contribution < 1.29 is 19.1 Å². The molecule has 6 heteroatoms. The molecule has 0 amide bonds. The molecule has 2 fully saturated rings. The van der Waals surface area contributed by atoms with Crippen molar-refractivity contribution in [2.24, 2.45) is 28.3 Å². The van der Waals surface area contributed by atoms with Crippen molar-refractivity contribution in [2.45, 2.75) is 58.4 Å². The molecule has 4 aliphatic rings. The third-order valence-corrected chi connectivity index (χ3v) is 9.32. The quantitative estimate of drug-likeness (QED) is 0.564. The molecule has 0 bridgehead atoms. The number of aryl methyl sites for hydroxylation is 2. The average molecular weight is 487 g/mol. The van der Waals surface area contributed by atoms with E-state index in [0.717, 1.165) is 42.7 Å². The van der Waals surface area contributed by atoms with E-state index in [1.807, 2.05) is 43.1 Å². The number of Topliss-reactive ketones (excluding diaryl/α,β-unsaturated/α-hetero) is 1. The van der Waals surface area contributed by atoms with Gasteiger partial charge in [-0.3, -0.25) is 9.80 Å². The predicted molar refractivity (Wildman–Crippen MR) is 138 cm³/mol. The van der Waals surface area contributed by atoms with Gasteiger partial charge in [-0.2, -0.15) is 5.10 Å². The van der Waals surface area contributed by atoms with E-state index >= 15 is 0 Å². The number of hydrogen-bond acceptors (Lipinski definition) is 6. The third-order valence-electron chi connectivity index (χ3n) is 9.32. The van der Waals surface area contributed by atoms with E-state index in [-0.39, 0.29) is 30.2 Å². The average Bonchev–Trinajstić information content (AvgIpc) is 3.37. The van der Waals surface area contributed by atoms with Crippen LogP contribution in [0.5, 0.6) is 5.75 Å². The number of methoxy groups -OCH3 is 1. The molecule has 6 atom stereocenters. The zero-order valence-electron chi connectivity index (χ0n) is 21.5. The number of ketones is 1. The van der Waals surface area contributed by atoms with Crippen molar-refractivity contribution in [3.8, 4) is 5.75 Å². The summed E-state index contributed by atoms with van der Waals surface area (Å²) in [5, 5.41) is 6.62. The van der Waals surface area contributed by atoms with Gasteiger partial charge in [-0.25, -0.2) is 4.79 Å². The van der Waals surface area contributed by atoms with E-state index < -0.39 is 11.5 Å². The Balaban J connectivity index is 1.44. The van der Waals surface area contributed by atoms with Crippen LogP contribution < -0.4 is 9.75 Å². The number of rotatable bonds is 4. The lowest BCUT2D eigenvalue weighted by molar-refractivity contribution is -0.135. The first-order chi connectivity index (χ1) is 17.4. The number of hydrazone groups is 1. The Hall–Kier alpha value is -3.15. The number of esters is 1.